The molecule has 2 rings (SSSR count). The Kier molecular flexibility index (Phi) is 7.65. The number of esters is 1. The van der Waals surface area contributed by atoms with E-state index in [1.807, 2.05) is 48.7 Å². The zero-order valence-corrected chi connectivity index (χ0v) is 16.8. The molecule has 1 aromatic carbocycles. The number of carbonyl (C=O) groups excluding carboxylic acids is 2. The number of hydrogen-bond donors (Lipinski definition) is 1. The quantitative estimate of drug-likeness (QED) is 0.530. The molecule has 0 saturated heterocycles. The van der Waals surface area contributed by atoms with Crippen molar-refractivity contribution >= 4 is 11.9 Å². The number of unbranched alkanes of at least 4 members (excludes halogenated alkanes) is 2. The molecular formula is C22H30N2O3. The third-order valence-electron chi connectivity index (χ3n) is 4.71. The van der Waals surface area contributed by atoms with Crippen molar-refractivity contribution in [3.63, 3.8) is 0 Å². The van der Waals surface area contributed by atoms with Gasteiger partial charge in [0.25, 0.3) is 5.91 Å². The topological polar surface area (TPSA) is 60.3 Å². The Morgan fingerprint density at radius 2 is 1.78 bits per heavy atom. The summed E-state index contributed by atoms with van der Waals surface area (Å²) in [6.07, 6.45) is 3.14. The van der Waals surface area contributed by atoms with Crippen molar-refractivity contribution in [3.8, 4) is 0 Å². The van der Waals surface area contributed by atoms with E-state index in [9.17, 15) is 9.59 Å². The van der Waals surface area contributed by atoms with E-state index in [1.54, 1.807) is 6.92 Å². The van der Waals surface area contributed by atoms with Crippen molar-refractivity contribution in [2.75, 3.05) is 13.2 Å². The number of hydrogen-bond acceptors (Lipinski definition) is 3. The van der Waals surface area contributed by atoms with Crippen molar-refractivity contribution in [1.29, 1.82) is 0 Å². The van der Waals surface area contributed by atoms with Crippen LogP contribution in [-0.2, 0) is 11.3 Å². The lowest BCUT2D eigenvalue weighted by molar-refractivity contribution is 0.0513. The monoisotopic (exact) mass is 370 g/mol. The summed E-state index contributed by atoms with van der Waals surface area (Å²) >= 11 is 0. The molecule has 1 amide bonds. The molecule has 0 aliphatic rings. The van der Waals surface area contributed by atoms with Crippen LogP contribution in [0, 0.1) is 13.8 Å². The molecule has 5 heteroatoms. The lowest BCUT2D eigenvalue weighted by atomic mass is 10.1. The highest BCUT2D eigenvalue weighted by Crippen LogP contribution is 2.24. The standard InChI is InChI=1S/C22H30N2O3/c1-5-7-11-14-23-21(25)19-16(3)20(22(26)27-6-2)24(17(19)4)15-18-12-9-8-10-13-18/h8-10,12-13H,5-7,11,14-15H2,1-4H3,(H,23,25). The minimum Gasteiger partial charge on any atom is -0.461 e. The molecule has 1 aromatic heterocycles. The van der Waals surface area contributed by atoms with Gasteiger partial charge in [-0.1, -0.05) is 50.1 Å². The molecule has 27 heavy (non-hydrogen) atoms. The molecule has 0 fully saturated rings. The summed E-state index contributed by atoms with van der Waals surface area (Å²) in [5.74, 6) is -0.516. The van der Waals surface area contributed by atoms with Gasteiger partial charge in [-0.25, -0.2) is 4.79 Å². The highest BCUT2D eigenvalue weighted by Gasteiger charge is 2.27. The molecule has 1 N–H and O–H groups in total. The van der Waals surface area contributed by atoms with Crippen molar-refractivity contribution in [2.45, 2.75) is 53.5 Å². The van der Waals surface area contributed by atoms with Crippen LogP contribution < -0.4 is 5.32 Å². The van der Waals surface area contributed by atoms with E-state index in [2.05, 4.69) is 12.2 Å². The number of nitrogens with zero attached hydrogens (tertiary/aromatic N) is 1. The van der Waals surface area contributed by atoms with Crippen molar-refractivity contribution in [3.05, 3.63) is 58.4 Å². The smallest absolute Gasteiger partial charge is 0.355 e. The molecule has 0 spiro atoms. The summed E-state index contributed by atoms with van der Waals surface area (Å²) in [4.78, 5) is 25.4. The molecule has 0 bridgehead atoms. The first-order chi connectivity index (χ1) is 13.0. The maximum Gasteiger partial charge on any atom is 0.355 e. The van der Waals surface area contributed by atoms with Gasteiger partial charge in [0.2, 0.25) is 0 Å². The summed E-state index contributed by atoms with van der Waals surface area (Å²) in [7, 11) is 0. The molecule has 0 saturated carbocycles. The number of ether oxygens (including phenoxy) is 1. The predicted octanol–water partition coefficient (Wildman–Crippen LogP) is 4.25. The summed E-state index contributed by atoms with van der Waals surface area (Å²) in [6.45, 7) is 9.08. The first kappa shape index (κ1) is 20.7. The van der Waals surface area contributed by atoms with Crippen LogP contribution in [0.1, 0.15) is 70.8 Å². The van der Waals surface area contributed by atoms with Crippen LogP contribution in [0.5, 0.6) is 0 Å². The Morgan fingerprint density at radius 1 is 1.07 bits per heavy atom. The second-order valence-electron chi connectivity index (χ2n) is 6.69. The van der Waals surface area contributed by atoms with E-state index in [0.717, 1.165) is 30.5 Å². The average molecular weight is 370 g/mol. The number of rotatable bonds is 9. The lowest BCUT2D eigenvalue weighted by Gasteiger charge is -2.12. The van der Waals surface area contributed by atoms with Gasteiger partial charge in [0.05, 0.1) is 12.2 Å². The van der Waals surface area contributed by atoms with E-state index < -0.39 is 0 Å². The summed E-state index contributed by atoms with van der Waals surface area (Å²) in [5, 5.41) is 2.99. The van der Waals surface area contributed by atoms with Crippen LogP contribution in [0.2, 0.25) is 0 Å². The molecule has 0 atom stereocenters. The number of nitrogens with one attached hydrogen (secondary N) is 1. The minimum absolute atomic E-state index is 0.126. The molecule has 0 unspecified atom stereocenters. The fourth-order valence-electron chi connectivity index (χ4n) is 3.32. The molecular weight excluding hydrogens is 340 g/mol. The van der Waals surface area contributed by atoms with Gasteiger partial charge in [0, 0.05) is 18.8 Å². The fourth-order valence-corrected chi connectivity index (χ4v) is 3.32. The number of amides is 1. The van der Waals surface area contributed by atoms with Crippen molar-refractivity contribution < 1.29 is 14.3 Å². The molecule has 146 valence electrons. The fraction of sp³-hybridized carbons (Fsp3) is 0.455. The number of benzene rings is 1. The van der Waals surface area contributed by atoms with E-state index in [4.69, 9.17) is 4.74 Å². The summed E-state index contributed by atoms with van der Waals surface area (Å²) in [5.41, 5.74) is 3.56. The van der Waals surface area contributed by atoms with Gasteiger partial charge < -0.3 is 14.6 Å². The maximum absolute atomic E-state index is 12.8. The first-order valence-electron chi connectivity index (χ1n) is 9.70. The Bertz CT molecular complexity index is 779. The maximum atomic E-state index is 12.8. The predicted molar refractivity (Wildman–Crippen MR) is 107 cm³/mol. The molecule has 0 radical (unpaired) electrons. The van der Waals surface area contributed by atoms with Gasteiger partial charge >= 0.3 is 5.97 Å². The van der Waals surface area contributed by atoms with Crippen LogP contribution in [0.4, 0.5) is 0 Å². The van der Waals surface area contributed by atoms with Crippen molar-refractivity contribution in [1.82, 2.24) is 9.88 Å². The zero-order valence-electron chi connectivity index (χ0n) is 16.8. The average Bonchev–Trinajstić information content (AvgIpc) is 2.90. The number of carbonyl (C=O) groups is 2. The Hall–Kier alpha value is -2.56. The third kappa shape index (κ3) is 5.00. The van der Waals surface area contributed by atoms with E-state index in [-0.39, 0.29) is 11.9 Å². The highest BCUT2D eigenvalue weighted by atomic mass is 16.5. The first-order valence-corrected chi connectivity index (χ1v) is 9.70. The second kappa shape index (κ2) is 9.95. The van der Waals surface area contributed by atoms with Crippen LogP contribution >= 0.6 is 0 Å². The van der Waals surface area contributed by atoms with Crippen LogP contribution in [-0.4, -0.2) is 29.6 Å². The van der Waals surface area contributed by atoms with Gasteiger partial charge in [-0.15, -0.1) is 0 Å². The Labute approximate surface area is 161 Å². The van der Waals surface area contributed by atoms with Gasteiger partial charge in [-0.3, -0.25) is 4.79 Å². The van der Waals surface area contributed by atoms with Crippen LogP contribution in [0.15, 0.2) is 30.3 Å². The Balaban J connectivity index is 2.38. The van der Waals surface area contributed by atoms with Gasteiger partial charge in [-0.05, 0) is 38.3 Å². The summed E-state index contributed by atoms with van der Waals surface area (Å²) < 4.78 is 7.15. The minimum atomic E-state index is -0.390. The van der Waals surface area contributed by atoms with Gasteiger partial charge in [0.15, 0.2) is 0 Å². The van der Waals surface area contributed by atoms with E-state index in [1.165, 1.54) is 0 Å². The van der Waals surface area contributed by atoms with Crippen LogP contribution in [0.25, 0.3) is 0 Å². The van der Waals surface area contributed by atoms with Gasteiger partial charge in [-0.2, -0.15) is 0 Å². The van der Waals surface area contributed by atoms with Crippen molar-refractivity contribution in [2.24, 2.45) is 0 Å². The van der Waals surface area contributed by atoms with E-state index in [0.29, 0.717) is 36.5 Å². The van der Waals surface area contributed by atoms with Crippen LogP contribution in [0.3, 0.4) is 0 Å². The highest BCUT2D eigenvalue weighted by molar-refractivity contribution is 6.01. The second-order valence-corrected chi connectivity index (χ2v) is 6.69. The largest absolute Gasteiger partial charge is 0.461 e. The zero-order chi connectivity index (χ0) is 19.8. The normalized spacial score (nSPS) is 10.7. The van der Waals surface area contributed by atoms with Gasteiger partial charge in [0.1, 0.15) is 5.69 Å². The molecule has 0 aliphatic carbocycles. The summed E-state index contributed by atoms with van der Waals surface area (Å²) in [6, 6.07) is 9.90. The lowest BCUT2D eigenvalue weighted by Crippen LogP contribution is -2.25. The third-order valence-corrected chi connectivity index (χ3v) is 4.71. The molecule has 0 aliphatic heterocycles. The Morgan fingerprint density at radius 3 is 2.41 bits per heavy atom. The molecule has 5 nitrogen and oxygen atoms in total. The molecule has 1 heterocycles. The SMILES string of the molecule is CCCCCNC(=O)c1c(C)c(C(=O)OCC)n(Cc2ccccc2)c1C. The number of aromatic nitrogens is 1. The molecule has 2 aromatic rings. The van der Waals surface area contributed by atoms with E-state index >= 15 is 0 Å².